The van der Waals surface area contributed by atoms with Gasteiger partial charge >= 0.3 is 0 Å². The number of hydrogen-bond acceptors (Lipinski definition) is 7. The number of para-hydroxylation sites is 1. The van der Waals surface area contributed by atoms with Crippen molar-refractivity contribution < 1.29 is 13.5 Å². The predicted octanol–water partition coefficient (Wildman–Crippen LogP) is 4.52. The topological polar surface area (TPSA) is 89.5 Å². The number of aliphatic hydroxyl groups is 1. The zero-order valence-electron chi connectivity index (χ0n) is 18.3. The van der Waals surface area contributed by atoms with E-state index in [-0.39, 0.29) is 12.6 Å². The Kier molecular flexibility index (Phi) is 6.28. The molecule has 0 saturated carbocycles. The molecule has 4 heterocycles. The summed E-state index contributed by atoms with van der Waals surface area (Å²) >= 11 is 2.84. The second-order valence-electron chi connectivity index (χ2n) is 8.26. The van der Waals surface area contributed by atoms with Gasteiger partial charge in [-0.3, -0.25) is 9.21 Å². The van der Waals surface area contributed by atoms with Gasteiger partial charge in [0.1, 0.15) is 9.22 Å². The number of nitrogens with zero attached hydrogens (tertiary/aromatic N) is 3. The Balaban J connectivity index is 1.43. The first-order valence-corrected chi connectivity index (χ1v) is 14.0. The summed E-state index contributed by atoms with van der Waals surface area (Å²) in [7, 11) is -2.04. The Hall–Kier alpha value is -2.24. The van der Waals surface area contributed by atoms with Gasteiger partial charge in [0.2, 0.25) is 0 Å². The molecule has 1 unspecified atom stereocenters. The molecular weight excluding hydrogens is 476 g/mol. The Morgan fingerprint density at radius 2 is 2.15 bits per heavy atom. The quantitative estimate of drug-likeness (QED) is 0.388. The van der Waals surface area contributed by atoms with Gasteiger partial charge in [0, 0.05) is 36.1 Å². The Morgan fingerprint density at radius 1 is 1.27 bits per heavy atom. The fourth-order valence-corrected chi connectivity index (χ4v) is 7.65. The lowest BCUT2D eigenvalue weighted by Gasteiger charge is -2.34. The van der Waals surface area contributed by atoms with Crippen molar-refractivity contribution in [3.8, 4) is 10.7 Å². The largest absolute Gasteiger partial charge is 0.395 e. The zero-order valence-corrected chi connectivity index (χ0v) is 20.7. The summed E-state index contributed by atoms with van der Waals surface area (Å²) in [6.07, 6.45) is 5.27. The lowest BCUT2D eigenvalue weighted by molar-refractivity contribution is 0.0849. The number of H-pyrrole nitrogens is 1. The van der Waals surface area contributed by atoms with E-state index in [0.717, 1.165) is 52.4 Å². The van der Waals surface area contributed by atoms with Gasteiger partial charge in [0.05, 0.1) is 23.5 Å². The molecule has 10 heteroatoms. The summed E-state index contributed by atoms with van der Waals surface area (Å²) in [5.41, 5.74) is 2.24. The number of likely N-dealkylation sites (tertiary alicyclic amines) is 1. The van der Waals surface area contributed by atoms with Crippen molar-refractivity contribution in [2.24, 2.45) is 0 Å². The van der Waals surface area contributed by atoms with Crippen LogP contribution in [0.4, 0.5) is 5.69 Å². The molecule has 1 aliphatic heterocycles. The van der Waals surface area contributed by atoms with Crippen LogP contribution in [0.1, 0.15) is 24.1 Å². The van der Waals surface area contributed by atoms with Gasteiger partial charge in [-0.05, 0) is 43.0 Å². The van der Waals surface area contributed by atoms with Crippen molar-refractivity contribution in [1.82, 2.24) is 14.9 Å². The maximum atomic E-state index is 13.0. The van der Waals surface area contributed by atoms with E-state index in [9.17, 15) is 13.5 Å². The maximum Gasteiger partial charge on any atom is 0.273 e. The van der Waals surface area contributed by atoms with Gasteiger partial charge in [-0.15, -0.1) is 22.7 Å². The number of anilines is 1. The van der Waals surface area contributed by atoms with E-state index in [0.29, 0.717) is 9.90 Å². The third kappa shape index (κ3) is 4.33. The van der Waals surface area contributed by atoms with Gasteiger partial charge in [-0.25, -0.2) is 13.4 Å². The van der Waals surface area contributed by atoms with Crippen LogP contribution in [0.5, 0.6) is 0 Å². The predicted molar refractivity (Wildman–Crippen MR) is 134 cm³/mol. The van der Waals surface area contributed by atoms with Crippen LogP contribution in [0.3, 0.4) is 0 Å². The molecular formula is C23H26N4O3S3. The summed E-state index contributed by atoms with van der Waals surface area (Å²) in [5, 5.41) is 13.3. The highest BCUT2D eigenvalue weighted by atomic mass is 32.2. The number of thiophene rings is 1. The van der Waals surface area contributed by atoms with Gasteiger partial charge in [0.25, 0.3) is 10.0 Å². The number of benzene rings is 1. The SMILES string of the molecule is CN(c1cccc2cc(-c3ncc(CN4CCCCC4CO)s3)[nH]c12)S(=O)(=O)c1cccs1. The first-order chi connectivity index (χ1) is 16.0. The number of hydrogen-bond donors (Lipinski definition) is 2. The lowest BCUT2D eigenvalue weighted by Crippen LogP contribution is -2.40. The Bertz CT molecular complexity index is 1340. The second-order valence-corrected chi connectivity index (χ2v) is 12.5. The van der Waals surface area contributed by atoms with Crippen LogP contribution >= 0.6 is 22.7 Å². The van der Waals surface area contributed by atoms with E-state index in [4.69, 9.17) is 0 Å². The molecule has 1 atom stereocenters. The molecule has 0 radical (unpaired) electrons. The van der Waals surface area contributed by atoms with Crippen LogP contribution in [0.15, 0.2) is 52.2 Å². The highest BCUT2D eigenvalue weighted by Gasteiger charge is 2.25. The number of sulfonamides is 1. The number of thiazole rings is 1. The molecule has 1 saturated heterocycles. The monoisotopic (exact) mass is 502 g/mol. The first-order valence-electron chi connectivity index (χ1n) is 10.9. The highest BCUT2D eigenvalue weighted by Crippen LogP contribution is 2.35. The van der Waals surface area contributed by atoms with E-state index < -0.39 is 10.0 Å². The van der Waals surface area contributed by atoms with E-state index in [2.05, 4.69) is 14.9 Å². The Labute approximate surface area is 201 Å². The fraction of sp³-hybridized carbons (Fsp3) is 0.348. The van der Waals surface area contributed by atoms with Gasteiger partial charge in [0.15, 0.2) is 0 Å². The third-order valence-corrected chi connectivity index (χ3v) is 10.3. The molecule has 0 aliphatic carbocycles. The molecule has 0 spiro atoms. The van der Waals surface area contributed by atoms with Crippen molar-refractivity contribution in [2.45, 2.75) is 36.1 Å². The van der Waals surface area contributed by atoms with Gasteiger partial charge < -0.3 is 10.1 Å². The summed E-state index contributed by atoms with van der Waals surface area (Å²) in [4.78, 5) is 11.5. The summed E-state index contributed by atoms with van der Waals surface area (Å²) in [5.74, 6) is 0. The molecule has 174 valence electrons. The molecule has 0 amide bonds. The van der Waals surface area contributed by atoms with Crippen LogP contribution in [-0.2, 0) is 16.6 Å². The molecule has 7 nitrogen and oxygen atoms in total. The van der Waals surface area contributed by atoms with Crippen LogP contribution in [0, 0.1) is 0 Å². The van der Waals surface area contributed by atoms with Crippen LogP contribution < -0.4 is 4.31 Å². The number of aromatic nitrogens is 2. The number of nitrogens with one attached hydrogen (secondary N) is 1. The number of fused-ring (bicyclic) bond motifs is 1. The van der Waals surface area contributed by atoms with E-state index >= 15 is 0 Å². The Morgan fingerprint density at radius 3 is 2.94 bits per heavy atom. The average Bonchev–Trinajstić information content (AvgIpc) is 3.59. The molecule has 3 aromatic heterocycles. The van der Waals surface area contributed by atoms with Crippen molar-refractivity contribution >= 4 is 49.3 Å². The van der Waals surface area contributed by atoms with Crippen molar-refractivity contribution in [3.63, 3.8) is 0 Å². The summed E-state index contributed by atoms with van der Waals surface area (Å²) in [6.45, 7) is 1.98. The molecule has 4 aromatic rings. The van der Waals surface area contributed by atoms with Crippen molar-refractivity contribution in [3.05, 3.63) is 52.9 Å². The number of aliphatic hydroxyl groups excluding tert-OH is 1. The van der Waals surface area contributed by atoms with Crippen molar-refractivity contribution in [2.75, 3.05) is 24.5 Å². The fourth-order valence-electron chi connectivity index (χ4n) is 4.37. The zero-order chi connectivity index (χ0) is 23.0. The standard InChI is InChI=1S/C23H26N4O3S3/c1-26(33(29,30)21-9-5-11-31-21)20-8-4-6-16-12-19(25-22(16)20)23-24-13-18(32-23)14-27-10-3-2-7-17(27)15-28/h4-6,8-9,11-13,17,25,28H,2-3,7,10,14-15H2,1H3. The minimum Gasteiger partial charge on any atom is -0.395 e. The van der Waals surface area contributed by atoms with E-state index in [1.807, 2.05) is 30.5 Å². The third-order valence-electron chi connectivity index (χ3n) is 6.19. The molecule has 2 N–H and O–H groups in total. The maximum absolute atomic E-state index is 13.0. The van der Waals surface area contributed by atoms with Crippen LogP contribution in [0.2, 0.25) is 0 Å². The minimum atomic E-state index is -3.62. The lowest BCUT2D eigenvalue weighted by atomic mass is 10.0. The molecule has 1 aliphatic rings. The number of aromatic amines is 1. The first kappa shape index (κ1) is 22.5. The van der Waals surface area contributed by atoms with Crippen molar-refractivity contribution in [1.29, 1.82) is 0 Å². The molecule has 5 rings (SSSR count). The summed E-state index contributed by atoms with van der Waals surface area (Å²) < 4.78 is 27.7. The smallest absolute Gasteiger partial charge is 0.273 e. The number of rotatable bonds is 7. The van der Waals surface area contributed by atoms with Crippen LogP contribution in [-0.4, -0.2) is 54.6 Å². The highest BCUT2D eigenvalue weighted by molar-refractivity contribution is 7.94. The van der Waals surface area contributed by atoms with Crippen LogP contribution in [0.25, 0.3) is 21.6 Å². The van der Waals surface area contributed by atoms with Gasteiger partial charge in [-0.1, -0.05) is 24.6 Å². The summed E-state index contributed by atoms with van der Waals surface area (Å²) in [6, 6.07) is 11.3. The van der Waals surface area contributed by atoms with E-state index in [1.54, 1.807) is 35.9 Å². The molecule has 1 aromatic carbocycles. The van der Waals surface area contributed by atoms with E-state index in [1.165, 1.54) is 22.1 Å². The second kappa shape index (κ2) is 9.19. The number of piperidine rings is 1. The molecule has 0 bridgehead atoms. The average molecular weight is 503 g/mol. The normalized spacial score (nSPS) is 17.6. The molecule has 33 heavy (non-hydrogen) atoms. The minimum absolute atomic E-state index is 0.193. The van der Waals surface area contributed by atoms with Gasteiger partial charge in [-0.2, -0.15) is 0 Å². The molecule has 1 fully saturated rings.